The number of alkyl carbamates (subject to hydrolysis) is 1. The lowest BCUT2D eigenvalue weighted by atomic mass is 9.87. The van der Waals surface area contributed by atoms with Crippen molar-refractivity contribution in [3.8, 4) is 29.7 Å². The first-order valence-electron chi connectivity index (χ1n) is 39.8. The second kappa shape index (κ2) is 41.3. The number of rotatable bonds is 17. The predicted molar refractivity (Wildman–Crippen MR) is 459 cm³/mol. The Morgan fingerprint density at radius 2 is 0.944 bits per heavy atom. The van der Waals surface area contributed by atoms with Crippen LogP contribution in [0.4, 0.5) is 71.4 Å². The number of amides is 4. The van der Waals surface area contributed by atoms with Gasteiger partial charge in [-0.15, -0.1) is 8.78 Å². The monoisotopic (exact) mass is 1780 g/mol. The summed E-state index contributed by atoms with van der Waals surface area (Å²) < 4.78 is 51.2. The molecule has 0 bridgehead atoms. The summed E-state index contributed by atoms with van der Waals surface area (Å²) in [6.07, 6.45) is 20.9. The van der Waals surface area contributed by atoms with E-state index in [9.17, 15) is 38.0 Å². The standard InChI is InChI=1S/C23H24F2N8O4.C20H28N8O2.C17H23ClN4O2.C15H22N8O.C5HCl2N3/c1-12-15(30-22(35)13-5-6-16-17(8-13)37-23(24,25)36-16)4-3-7-33(12)18-10-27-19(20(26)34)21(31-18)29-14-9-28-32(2)11-14;1-13-15(25-19(29)30-20(2,3)4)7-6-8-28(13)17-11-22-16(9-21)18(26-17)24-14-10-23-27(5)12-14;1-11-12(8-15(23)24-17(2,3)4)6-5-7-22(11)14-10-20-13(9-19)16(18)21-14;1-9-11(16)4-3-5-23(9)12-7-18-13(14(17)24)15(21-12)20-10-6-19-22(2)8-10;6-4-2-9-3(1-8)5(7)10-4/h5-6,8-12,15H,3-4,7H2,1-2H3,(H2,26,34)(H,29,31)(H,30,35);10-13,15H,6-8H2,1-5H3,(H,24,26)(H,25,29);10-12H,5-8H2,1-4H3;6-9,11H,3-5,16H2,1-2H3,(H2,17,24)(H,20,21);2H/t12-,15-;13-,15-;11-,12+;9-,11-;/m1111./s1. The van der Waals surface area contributed by atoms with Crippen molar-refractivity contribution in [3.05, 3.63) is 136 Å². The van der Waals surface area contributed by atoms with Gasteiger partial charge >= 0.3 is 18.4 Å². The van der Waals surface area contributed by atoms with Crippen molar-refractivity contribution >= 4 is 122 Å². The summed E-state index contributed by atoms with van der Waals surface area (Å²) in [5, 5.41) is 54.4. The van der Waals surface area contributed by atoms with Gasteiger partial charge in [-0.25, -0.2) is 54.6 Å². The van der Waals surface area contributed by atoms with Crippen LogP contribution in [0.25, 0.3) is 0 Å². The summed E-state index contributed by atoms with van der Waals surface area (Å²) in [6, 6.07) is 9.41. The summed E-state index contributed by atoms with van der Waals surface area (Å²) in [6.45, 7) is 22.3. The Labute approximate surface area is 734 Å². The molecule has 9 aromatic rings. The molecule has 4 amide bonds. The minimum absolute atomic E-state index is 0.0141. The quantitative estimate of drug-likeness (QED) is 0.0393. The first-order chi connectivity index (χ1) is 59.1. The average Bonchev–Trinajstić information content (AvgIpc) is 1.79. The van der Waals surface area contributed by atoms with Gasteiger partial charge in [0.1, 0.15) is 57.8 Å². The largest absolute Gasteiger partial charge is 0.586 e. The Bertz CT molecular complexity index is 5470. The topological polar surface area (TPSA) is 527 Å². The smallest absolute Gasteiger partial charge is 0.460 e. The number of carbonyl (C=O) groups excluding carboxylic acids is 5. The molecule has 14 rings (SSSR count). The zero-order chi connectivity index (χ0) is 90.9. The number of hydrogen-bond donors (Lipinski definition) is 8. The molecule has 0 spiro atoms. The minimum Gasteiger partial charge on any atom is -0.460 e. The van der Waals surface area contributed by atoms with Gasteiger partial charge in [0.2, 0.25) is 0 Å². The first-order valence-corrected chi connectivity index (χ1v) is 40.9. The van der Waals surface area contributed by atoms with Gasteiger partial charge in [0.15, 0.2) is 67.7 Å². The van der Waals surface area contributed by atoms with Crippen molar-refractivity contribution in [3.63, 3.8) is 0 Å². The fourth-order valence-electron chi connectivity index (χ4n) is 14.2. The number of fused-ring (bicyclic) bond motifs is 1. The molecule has 8 atom stereocenters. The minimum atomic E-state index is -3.76. The number of carbonyl (C=O) groups is 5. The number of hydrogen-bond acceptors (Lipinski definition) is 33. The molecule has 662 valence electrons. The summed E-state index contributed by atoms with van der Waals surface area (Å²) in [7, 11) is 5.37. The van der Waals surface area contributed by atoms with Gasteiger partial charge in [-0.2, -0.15) is 31.1 Å². The third-order valence-electron chi connectivity index (χ3n) is 20.3. The van der Waals surface area contributed by atoms with Gasteiger partial charge < -0.3 is 82.3 Å². The molecule has 11 N–H and O–H groups in total. The van der Waals surface area contributed by atoms with E-state index in [-0.39, 0.29) is 121 Å². The van der Waals surface area contributed by atoms with Crippen LogP contribution < -0.4 is 72.9 Å². The number of aryl methyl sites for hydroxylation is 3. The number of benzene rings is 1. The molecule has 8 aromatic heterocycles. The van der Waals surface area contributed by atoms with Gasteiger partial charge in [-0.3, -0.25) is 33.2 Å². The van der Waals surface area contributed by atoms with Crippen molar-refractivity contribution in [1.82, 2.24) is 89.8 Å². The molecule has 0 radical (unpaired) electrons. The number of nitrogens with two attached hydrogens (primary N) is 3. The Hall–Kier alpha value is -13.2. The maximum Gasteiger partial charge on any atom is 0.586 e. The van der Waals surface area contributed by atoms with Crippen molar-refractivity contribution in [2.75, 3.05) is 61.7 Å². The lowest BCUT2D eigenvalue weighted by Crippen LogP contribution is -2.55. The average molecular weight is 1780 g/mol. The van der Waals surface area contributed by atoms with E-state index < -0.39 is 41.3 Å². The van der Waals surface area contributed by atoms with E-state index in [1.54, 1.807) is 90.0 Å². The number of nitrogens with zero attached hydrogens (tertiary/aromatic N) is 23. The van der Waals surface area contributed by atoms with Gasteiger partial charge in [-0.1, -0.05) is 34.8 Å². The molecule has 0 aliphatic carbocycles. The normalized spacial score (nSPS) is 19.3. The number of nitrogens with one attached hydrogen (secondary N) is 5. The molecular formula is C80H98Cl3F2N31O9. The SMILES string of the molecule is C[C@@H]1[C@H](CC(=O)OC(C)(C)C)CCCN1c1cnc(C#N)c(Cl)n1.C[C@@H]1[C@H](N)CCCN1c1cnc(C(N)=O)c(Nc2cnn(C)c2)n1.C[C@@H]1[C@H](NC(=O)OC(C)(C)C)CCCN1c1cnc(C#N)c(Nc2cnn(C)c2)n1.C[C@@H]1[C@H](NC(=O)c2ccc3c(c2)OC(F)(F)O3)CCCN1c1cnc(C(N)=O)c(Nc2cnn(C)c2)n1.N#Cc1ncc(Cl)nc1Cl. The fraction of sp³-hybridized carbons (Fsp3) is 0.463. The Kier molecular flexibility index (Phi) is 31.1. The second-order valence-electron chi connectivity index (χ2n) is 31.8. The van der Waals surface area contributed by atoms with Crippen molar-refractivity contribution in [2.45, 2.75) is 187 Å². The lowest BCUT2D eigenvalue weighted by molar-refractivity contribution is -0.286. The van der Waals surface area contributed by atoms with E-state index in [4.69, 9.17) is 72.0 Å². The zero-order valence-electron chi connectivity index (χ0n) is 71.0. The molecule has 4 fully saturated rings. The Morgan fingerprint density at radius 1 is 0.528 bits per heavy atom. The molecular weight excluding hydrogens is 1680 g/mol. The number of aromatic nitrogens is 16. The van der Waals surface area contributed by atoms with E-state index in [1.165, 1.54) is 30.6 Å². The van der Waals surface area contributed by atoms with E-state index >= 15 is 0 Å². The van der Waals surface area contributed by atoms with Gasteiger partial charge in [0, 0.05) is 108 Å². The summed E-state index contributed by atoms with van der Waals surface area (Å²) in [5.74, 6) is 1.20. The molecule has 4 saturated heterocycles. The third kappa shape index (κ3) is 25.7. The molecule has 0 unspecified atom stereocenters. The lowest BCUT2D eigenvalue weighted by Gasteiger charge is -2.40. The van der Waals surface area contributed by atoms with Crippen LogP contribution in [0, 0.1) is 39.9 Å². The first kappa shape index (κ1) is 94.0. The van der Waals surface area contributed by atoms with Crippen LogP contribution in [0.1, 0.15) is 175 Å². The molecule has 0 saturated carbocycles. The van der Waals surface area contributed by atoms with Crippen LogP contribution in [0.15, 0.2) is 86.4 Å². The van der Waals surface area contributed by atoms with Crippen LogP contribution >= 0.6 is 34.8 Å². The summed E-state index contributed by atoms with van der Waals surface area (Å²) >= 11 is 16.8. The maximum atomic E-state index is 13.3. The van der Waals surface area contributed by atoms with E-state index in [2.05, 4.69) is 136 Å². The molecule has 1 aromatic carbocycles. The maximum absolute atomic E-state index is 13.3. The molecule has 125 heavy (non-hydrogen) atoms. The second-order valence-corrected chi connectivity index (χ2v) is 32.9. The summed E-state index contributed by atoms with van der Waals surface area (Å²) in [5.41, 5.74) is 18.7. The van der Waals surface area contributed by atoms with E-state index in [1.807, 2.05) is 73.4 Å². The van der Waals surface area contributed by atoms with Crippen molar-refractivity contribution in [2.24, 2.45) is 44.3 Å². The number of ether oxygens (including phenoxy) is 4. The highest BCUT2D eigenvalue weighted by molar-refractivity contribution is 6.32. The number of anilines is 10. The number of nitriles is 3. The van der Waals surface area contributed by atoms with E-state index in [0.717, 1.165) is 70.3 Å². The number of piperidine rings is 4. The predicted octanol–water partition coefficient (Wildman–Crippen LogP) is 10.2. The Balaban J connectivity index is 0.000000170. The number of primary amides is 2. The number of alkyl halides is 2. The molecule has 13 heterocycles. The number of esters is 1. The summed E-state index contributed by atoms with van der Waals surface area (Å²) in [4.78, 5) is 111. The van der Waals surface area contributed by atoms with Crippen molar-refractivity contribution < 1.29 is 51.7 Å². The van der Waals surface area contributed by atoms with Crippen LogP contribution in [-0.4, -0.2) is 195 Å². The Morgan fingerprint density at radius 3 is 1.41 bits per heavy atom. The van der Waals surface area contributed by atoms with Crippen molar-refractivity contribution in [1.29, 1.82) is 15.8 Å². The van der Waals surface area contributed by atoms with E-state index in [0.29, 0.717) is 65.7 Å². The van der Waals surface area contributed by atoms with Crippen LogP contribution in [0.3, 0.4) is 0 Å². The molecule has 5 aliphatic rings. The van der Waals surface area contributed by atoms with Gasteiger partial charge in [-0.05, 0) is 145 Å². The van der Waals surface area contributed by atoms with Gasteiger partial charge in [0.25, 0.3) is 17.7 Å². The van der Waals surface area contributed by atoms with Gasteiger partial charge in [0.05, 0.1) is 79.1 Å². The van der Waals surface area contributed by atoms with Crippen LogP contribution in [0.5, 0.6) is 11.5 Å². The van der Waals surface area contributed by atoms with Crippen LogP contribution in [0.2, 0.25) is 15.5 Å². The molecule has 5 aliphatic heterocycles. The zero-order valence-corrected chi connectivity index (χ0v) is 73.2. The van der Waals surface area contributed by atoms with Crippen LogP contribution in [-0.2, 0) is 35.4 Å². The highest BCUT2D eigenvalue weighted by atomic mass is 35.5. The number of halogens is 5. The highest BCUT2D eigenvalue weighted by Crippen LogP contribution is 2.42. The fourth-order valence-corrected chi connectivity index (χ4v) is 14.7. The molecule has 40 nitrogen and oxygen atoms in total. The molecule has 45 heteroatoms. The highest BCUT2D eigenvalue weighted by Gasteiger charge is 2.44. The third-order valence-corrected chi connectivity index (χ3v) is 21.0.